The average Bonchev–Trinajstić information content (AvgIpc) is 2.74. The van der Waals surface area contributed by atoms with Crippen molar-refractivity contribution in [2.75, 3.05) is 7.11 Å². The van der Waals surface area contributed by atoms with E-state index in [2.05, 4.69) is 9.84 Å². The lowest BCUT2D eigenvalue weighted by Gasteiger charge is -2.06. The summed E-state index contributed by atoms with van der Waals surface area (Å²) in [5.41, 5.74) is 1.83. The zero-order valence-corrected chi connectivity index (χ0v) is 11.3. The van der Waals surface area contributed by atoms with Crippen LogP contribution in [0.2, 0.25) is 10.0 Å². The Morgan fingerprint density at radius 3 is 2.67 bits per heavy atom. The lowest BCUT2D eigenvalue weighted by molar-refractivity contribution is 0.0600. The van der Waals surface area contributed by atoms with E-state index in [1.54, 1.807) is 29.8 Å². The van der Waals surface area contributed by atoms with Gasteiger partial charge in [-0.05, 0) is 25.1 Å². The number of carbonyl (C=O) groups is 1. The molecule has 0 aliphatic rings. The van der Waals surface area contributed by atoms with Crippen molar-refractivity contribution in [1.29, 1.82) is 0 Å². The molecule has 1 aromatic carbocycles. The van der Waals surface area contributed by atoms with Crippen LogP contribution in [0.4, 0.5) is 0 Å². The summed E-state index contributed by atoms with van der Waals surface area (Å²) in [7, 11) is 1.33. The summed E-state index contributed by atoms with van der Waals surface area (Å²) in [6, 6.07) is 5.14. The lowest BCUT2D eigenvalue weighted by atomic mass is 10.2. The highest BCUT2D eigenvalue weighted by atomic mass is 35.5. The van der Waals surface area contributed by atoms with Crippen molar-refractivity contribution in [2.24, 2.45) is 0 Å². The fourth-order valence-corrected chi connectivity index (χ4v) is 1.89. The summed E-state index contributed by atoms with van der Waals surface area (Å²) in [4.78, 5) is 11.5. The molecule has 0 saturated heterocycles. The maximum absolute atomic E-state index is 11.5. The van der Waals surface area contributed by atoms with Crippen molar-refractivity contribution in [2.45, 2.75) is 6.92 Å². The molecule has 0 unspecified atom stereocenters. The van der Waals surface area contributed by atoms with E-state index in [4.69, 9.17) is 23.2 Å². The molecule has 0 saturated carbocycles. The zero-order chi connectivity index (χ0) is 13.3. The number of aromatic nitrogens is 2. The second kappa shape index (κ2) is 5.00. The van der Waals surface area contributed by atoms with Crippen molar-refractivity contribution in [1.82, 2.24) is 9.78 Å². The third-order valence-electron chi connectivity index (χ3n) is 2.56. The molecule has 18 heavy (non-hydrogen) atoms. The van der Waals surface area contributed by atoms with E-state index in [9.17, 15) is 4.79 Å². The first kappa shape index (κ1) is 12.9. The van der Waals surface area contributed by atoms with Crippen LogP contribution in [0.5, 0.6) is 0 Å². The topological polar surface area (TPSA) is 44.1 Å². The van der Waals surface area contributed by atoms with Crippen LogP contribution in [-0.4, -0.2) is 22.9 Å². The number of rotatable bonds is 2. The van der Waals surface area contributed by atoms with Crippen LogP contribution < -0.4 is 0 Å². The van der Waals surface area contributed by atoms with Gasteiger partial charge in [0.1, 0.15) is 5.56 Å². The molecule has 0 aliphatic heterocycles. The number of hydrogen-bond acceptors (Lipinski definition) is 3. The highest BCUT2D eigenvalue weighted by Crippen LogP contribution is 2.25. The van der Waals surface area contributed by atoms with Gasteiger partial charge in [-0.1, -0.05) is 23.2 Å². The smallest absolute Gasteiger partial charge is 0.341 e. The Labute approximate surface area is 114 Å². The molecular formula is C12H10Cl2N2O2. The number of nitrogens with zero attached hydrogens (tertiary/aromatic N) is 2. The van der Waals surface area contributed by atoms with Gasteiger partial charge >= 0.3 is 5.97 Å². The van der Waals surface area contributed by atoms with Gasteiger partial charge < -0.3 is 4.74 Å². The molecule has 0 atom stereocenters. The van der Waals surface area contributed by atoms with Gasteiger partial charge in [0.2, 0.25) is 0 Å². The second-order valence-electron chi connectivity index (χ2n) is 3.65. The minimum absolute atomic E-state index is 0.418. The van der Waals surface area contributed by atoms with Crippen molar-refractivity contribution in [3.63, 3.8) is 0 Å². The van der Waals surface area contributed by atoms with Crippen LogP contribution in [0.3, 0.4) is 0 Å². The van der Waals surface area contributed by atoms with E-state index in [1.165, 1.54) is 13.3 Å². The van der Waals surface area contributed by atoms with E-state index in [1.807, 2.05) is 0 Å². The van der Waals surface area contributed by atoms with Crippen LogP contribution in [0.1, 0.15) is 16.1 Å². The van der Waals surface area contributed by atoms with E-state index in [0.29, 0.717) is 21.3 Å². The molecule has 1 heterocycles. The van der Waals surface area contributed by atoms with Gasteiger partial charge in [-0.25, -0.2) is 9.48 Å². The Kier molecular flexibility index (Phi) is 3.59. The maximum atomic E-state index is 11.5. The van der Waals surface area contributed by atoms with Gasteiger partial charge in [-0.3, -0.25) is 0 Å². The molecule has 0 spiro atoms. The molecule has 94 valence electrons. The van der Waals surface area contributed by atoms with E-state index < -0.39 is 5.97 Å². The van der Waals surface area contributed by atoms with Gasteiger partial charge in [0.25, 0.3) is 0 Å². The fourth-order valence-electron chi connectivity index (χ4n) is 1.60. The van der Waals surface area contributed by atoms with E-state index in [0.717, 1.165) is 5.69 Å². The van der Waals surface area contributed by atoms with E-state index in [-0.39, 0.29) is 0 Å². The zero-order valence-electron chi connectivity index (χ0n) is 9.78. The first-order valence-electron chi connectivity index (χ1n) is 5.13. The minimum atomic E-state index is -0.418. The molecule has 6 heteroatoms. The number of esters is 1. The van der Waals surface area contributed by atoms with Gasteiger partial charge in [0, 0.05) is 0 Å². The van der Waals surface area contributed by atoms with Gasteiger partial charge in [0.05, 0.1) is 34.7 Å². The van der Waals surface area contributed by atoms with Crippen molar-refractivity contribution >= 4 is 29.2 Å². The molecular weight excluding hydrogens is 275 g/mol. The Morgan fingerprint density at radius 1 is 1.33 bits per heavy atom. The van der Waals surface area contributed by atoms with Crippen molar-refractivity contribution in [3.05, 3.63) is 45.7 Å². The maximum Gasteiger partial charge on any atom is 0.341 e. The first-order valence-corrected chi connectivity index (χ1v) is 5.88. The van der Waals surface area contributed by atoms with Crippen LogP contribution in [0.15, 0.2) is 24.4 Å². The number of halogens is 2. The number of hydrogen-bond donors (Lipinski definition) is 0. The van der Waals surface area contributed by atoms with Gasteiger partial charge in [0.15, 0.2) is 0 Å². The van der Waals surface area contributed by atoms with Gasteiger partial charge in [-0.15, -0.1) is 0 Å². The van der Waals surface area contributed by atoms with Crippen LogP contribution >= 0.6 is 23.2 Å². The molecule has 1 aromatic heterocycles. The SMILES string of the molecule is COC(=O)c1cnn(-c2ccc(Cl)c(Cl)c2)c1C. The third-order valence-corrected chi connectivity index (χ3v) is 3.30. The fraction of sp³-hybridized carbons (Fsp3) is 0.167. The predicted octanol–water partition coefficient (Wildman–Crippen LogP) is 3.27. The second-order valence-corrected chi connectivity index (χ2v) is 4.46. The van der Waals surface area contributed by atoms with E-state index >= 15 is 0 Å². The highest BCUT2D eigenvalue weighted by molar-refractivity contribution is 6.42. The number of ether oxygens (including phenoxy) is 1. The van der Waals surface area contributed by atoms with Gasteiger partial charge in [-0.2, -0.15) is 5.10 Å². The van der Waals surface area contributed by atoms with Crippen LogP contribution in [0.25, 0.3) is 5.69 Å². The van der Waals surface area contributed by atoms with Crippen LogP contribution in [-0.2, 0) is 4.74 Å². The Morgan fingerprint density at radius 2 is 2.06 bits per heavy atom. The molecule has 0 amide bonds. The quantitative estimate of drug-likeness (QED) is 0.795. The Balaban J connectivity index is 2.48. The molecule has 0 bridgehead atoms. The first-order chi connectivity index (χ1) is 8.54. The Hall–Kier alpha value is -1.52. The molecule has 0 fully saturated rings. The largest absolute Gasteiger partial charge is 0.465 e. The monoisotopic (exact) mass is 284 g/mol. The minimum Gasteiger partial charge on any atom is -0.465 e. The van der Waals surface area contributed by atoms with Crippen LogP contribution in [0, 0.1) is 6.92 Å². The predicted molar refractivity (Wildman–Crippen MR) is 69.7 cm³/mol. The standard InChI is InChI=1S/C12H10Cl2N2O2/c1-7-9(12(17)18-2)6-15-16(7)8-3-4-10(13)11(14)5-8/h3-6H,1-2H3. The summed E-state index contributed by atoms with van der Waals surface area (Å²) in [6.45, 7) is 1.78. The van der Waals surface area contributed by atoms with Crippen molar-refractivity contribution < 1.29 is 9.53 Å². The number of benzene rings is 1. The summed E-state index contributed by atoms with van der Waals surface area (Å²) < 4.78 is 6.28. The number of methoxy groups -OCH3 is 1. The molecule has 0 radical (unpaired) electrons. The normalized spacial score (nSPS) is 10.4. The summed E-state index contributed by atoms with van der Waals surface area (Å²) in [5.74, 6) is -0.418. The molecule has 2 aromatic rings. The Bertz CT molecular complexity index is 608. The third kappa shape index (κ3) is 2.21. The highest BCUT2D eigenvalue weighted by Gasteiger charge is 2.15. The summed E-state index contributed by atoms with van der Waals surface area (Å²) in [5, 5.41) is 5.04. The summed E-state index contributed by atoms with van der Waals surface area (Å²) in [6.07, 6.45) is 1.46. The average molecular weight is 285 g/mol. The molecule has 0 N–H and O–H groups in total. The van der Waals surface area contributed by atoms with Crippen molar-refractivity contribution in [3.8, 4) is 5.69 Å². The lowest BCUT2D eigenvalue weighted by Crippen LogP contribution is -2.04. The number of carbonyl (C=O) groups excluding carboxylic acids is 1. The molecule has 2 rings (SSSR count). The molecule has 0 aliphatic carbocycles. The summed E-state index contributed by atoms with van der Waals surface area (Å²) >= 11 is 11.8. The molecule has 4 nitrogen and oxygen atoms in total.